The quantitative estimate of drug-likeness (QED) is 0.724. The third-order valence-corrected chi connectivity index (χ3v) is 4.64. The number of benzene rings is 1. The van der Waals surface area contributed by atoms with Crippen LogP contribution in [0.3, 0.4) is 0 Å². The number of ether oxygens (including phenoxy) is 1. The maximum Gasteiger partial charge on any atom is 0.250 e. The summed E-state index contributed by atoms with van der Waals surface area (Å²) in [7, 11) is 1.84. The average Bonchev–Trinajstić information content (AvgIpc) is 2.42. The van der Waals surface area contributed by atoms with Crippen molar-refractivity contribution < 1.29 is 4.74 Å². The minimum absolute atomic E-state index is 0.0469. The van der Waals surface area contributed by atoms with Gasteiger partial charge in [-0.3, -0.25) is 4.79 Å². The van der Waals surface area contributed by atoms with Gasteiger partial charge in [0.2, 0.25) is 0 Å². The number of pyridine rings is 1. The molecule has 0 radical (unpaired) electrons. The van der Waals surface area contributed by atoms with Crippen LogP contribution in [0.5, 0.6) is 5.75 Å². The molecule has 1 aliphatic carbocycles. The maximum absolute atomic E-state index is 11.7. The van der Waals surface area contributed by atoms with Gasteiger partial charge in [0.25, 0.3) is 5.56 Å². The van der Waals surface area contributed by atoms with E-state index in [4.69, 9.17) is 4.74 Å². The van der Waals surface area contributed by atoms with E-state index >= 15 is 0 Å². The SMILES string of the molecule is Cn1c(=O)ccc2c3c(ccc21)O[C@@H]1CCC[C@H]3C1. The summed E-state index contributed by atoms with van der Waals surface area (Å²) in [4.78, 5) is 11.7. The molecule has 1 fully saturated rings. The van der Waals surface area contributed by atoms with E-state index in [1.54, 1.807) is 10.6 Å². The molecular formula is C16H17NO2. The van der Waals surface area contributed by atoms with Crippen molar-refractivity contribution in [3.8, 4) is 5.75 Å². The first-order chi connectivity index (χ1) is 9.24. The highest BCUT2D eigenvalue weighted by atomic mass is 16.5. The van der Waals surface area contributed by atoms with Crippen molar-refractivity contribution in [2.45, 2.75) is 37.7 Å². The van der Waals surface area contributed by atoms with Crippen LogP contribution in [0.15, 0.2) is 29.1 Å². The Morgan fingerprint density at radius 3 is 3.00 bits per heavy atom. The fraction of sp³-hybridized carbons (Fsp3) is 0.438. The number of hydrogen-bond acceptors (Lipinski definition) is 2. The standard InChI is InChI=1S/C16H17NO2/c1-17-13-6-7-14-16(12(13)5-8-15(17)18)10-3-2-4-11(9-10)19-14/h5-8,10-11H,2-4,9H2,1H3/t10-,11+/m0/s1. The molecule has 0 spiro atoms. The Bertz CT molecular complexity index is 716. The van der Waals surface area contributed by atoms with Crippen LogP contribution in [0.4, 0.5) is 0 Å². The number of nitrogens with zero attached hydrogens (tertiary/aromatic N) is 1. The summed E-state index contributed by atoms with van der Waals surface area (Å²) < 4.78 is 7.82. The predicted molar refractivity (Wildman–Crippen MR) is 74.8 cm³/mol. The zero-order valence-electron chi connectivity index (χ0n) is 11.1. The van der Waals surface area contributed by atoms with E-state index in [1.165, 1.54) is 30.2 Å². The van der Waals surface area contributed by atoms with Gasteiger partial charge in [0.15, 0.2) is 0 Å². The van der Waals surface area contributed by atoms with Crippen molar-refractivity contribution in [3.05, 3.63) is 40.2 Å². The van der Waals surface area contributed by atoms with E-state index in [2.05, 4.69) is 0 Å². The first-order valence-corrected chi connectivity index (χ1v) is 7.03. The van der Waals surface area contributed by atoms with Crippen molar-refractivity contribution in [1.82, 2.24) is 4.57 Å². The smallest absolute Gasteiger partial charge is 0.250 e. The van der Waals surface area contributed by atoms with Crippen LogP contribution in [-0.2, 0) is 7.05 Å². The predicted octanol–water partition coefficient (Wildman–Crippen LogP) is 2.96. The van der Waals surface area contributed by atoms with Gasteiger partial charge in [-0.15, -0.1) is 0 Å². The molecular weight excluding hydrogens is 238 g/mol. The van der Waals surface area contributed by atoms with Gasteiger partial charge < -0.3 is 9.30 Å². The number of rotatable bonds is 0. The third-order valence-electron chi connectivity index (χ3n) is 4.64. The molecule has 2 aromatic rings. The molecule has 0 N–H and O–H groups in total. The second-order valence-corrected chi connectivity index (χ2v) is 5.74. The minimum Gasteiger partial charge on any atom is -0.490 e. The summed E-state index contributed by atoms with van der Waals surface area (Å²) in [5.41, 5.74) is 2.38. The van der Waals surface area contributed by atoms with Crippen LogP contribution in [0.25, 0.3) is 10.9 Å². The van der Waals surface area contributed by atoms with Gasteiger partial charge in [-0.05, 0) is 49.8 Å². The van der Waals surface area contributed by atoms with E-state index in [0.717, 1.165) is 17.7 Å². The monoisotopic (exact) mass is 255 g/mol. The van der Waals surface area contributed by atoms with Gasteiger partial charge in [0.05, 0.1) is 11.6 Å². The summed E-state index contributed by atoms with van der Waals surface area (Å²) in [6.07, 6.45) is 5.21. The first-order valence-electron chi connectivity index (χ1n) is 7.03. The van der Waals surface area contributed by atoms with Gasteiger partial charge in [0.1, 0.15) is 5.75 Å². The zero-order chi connectivity index (χ0) is 13.0. The molecule has 3 heteroatoms. The van der Waals surface area contributed by atoms with E-state index in [0.29, 0.717) is 12.0 Å². The largest absolute Gasteiger partial charge is 0.490 e. The Labute approximate surface area is 111 Å². The molecule has 98 valence electrons. The maximum atomic E-state index is 11.7. The molecule has 2 aliphatic rings. The van der Waals surface area contributed by atoms with E-state index < -0.39 is 0 Å². The molecule has 3 nitrogen and oxygen atoms in total. The van der Waals surface area contributed by atoms with Crippen LogP contribution in [0.2, 0.25) is 0 Å². The normalized spacial score (nSPS) is 24.9. The topological polar surface area (TPSA) is 31.2 Å². The molecule has 2 heterocycles. The lowest BCUT2D eigenvalue weighted by atomic mass is 9.78. The Morgan fingerprint density at radius 2 is 2.11 bits per heavy atom. The summed E-state index contributed by atoms with van der Waals surface area (Å²) in [6, 6.07) is 7.69. The molecule has 1 aliphatic heterocycles. The second kappa shape index (κ2) is 3.86. The lowest BCUT2D eigenvalue weighted by Gasteiger charge is -2.37. The third kappa shape index (κ3) is 1.54. The second-order valence-electron chi connectivity index (χ2n) is 5.74. The molecule has 4 rings (SSSR count). The van der Waals surface area contributed by atoms with Crippen molar-refractivity contribution in [1.29, 1.82) is 0 Å². The lowest BCUT2D eigenvalue weighted by Crippen LogP contribution is -2.30. The van der Waals surface area contributed by atoms with Crippen LogP contribution in [-0.4, -0.2) is 10.7 Å². The average molecular weight is 255 g/mol. The number of fused-ring (bicyclic) bond motifs is 6. The summed E-state index contributed by atoms with van der Waals surface area (Å²) in [5, 5.41) is 1.19. The van der Waals surface area contributed by atoms with Crippen molar-refractivity contribution in [2.24, 2.45) is 7.05 Å². The molecule has 1 saturated carbocycles. The van der Waals surface area contributed by atoms with Crippen molar-refractivity contribution in [2.75, 3.05) is 0 Å². The highest BCUT2D eigenvalue weighted by Crippen LogP contribution is 2.46. The number of aromatic nitrogens is 1. The first kappa shape index (κ1) is 11.1. The molecule has 1 aromatic heterocycles. The highest BCUT2D eigenvalue weighted by Gasteiger charge is 2.33. The summed E-state index contributed by atoms with van der Waals surface area (Å²) >= 11 is 0. The Morgan fingerprint density at radius 1 is 1.21 bits per heavy atom. The minimum atomic E-state index is 0.0469. The fourth-order valence-electron chi connectivity index (χ4n) is 3.68. The van der Waals surface area contributed by atoms with E-state index in [1.807, 2.05) is 25.2 Å². The molecule has 0 amide bonds. The van der Waals surface area contributed by atoms with E-state index in [9.17, 15) is 4.79 Å². The summed E-state index contributed by atoms with van der Waals surface area (Å²) in [6.45, 7) is 0. The van der Waals surface area contributed by atoms with E-state index in [-0.39, 0.29) is 5.56 Å². The highest BCUT2D eigenvalue weighted by molar-refractivity contribution is 5.86. The fourth-order valence-corrected chi connectivity index (χ4v) is 3.68. The van der Waals surface area contributed by atoms with Crippen LogP contribution >= 0.6 is 0 Å². The van der Waals surface area contributed by atoms with Crippen molar-refractivity contribution >= 4 is 10.9 Å². The molecule has 0 saturated heterocycles. The van der Waals surface area contributed by atoms with Gasteiger partial charge in [0, 0.05) is 24.1 Å². The van der Waals surface area contributed by atoms with Gasteiger partial charge >= 0.3 is 0 Å². The molecule has 19 heavy (non-hydrogen) atoms. The summed E-state index contributed by atoms with van der Waals surface area (Å²) in [5.74, 6) is 1.64. The van der Waals surface area contributed by atoms with Gasteiger partial charge in [-0.1, -0.05) is 0 Å². The molecule has 2 bridgehead atoms. The Balaban J connectivity index is 2.04. The Hall–Kier alpha value is -1.77. The molecule has 2 atom stereocenters. The zero-order valence-corrected chi connectivity index (χ0v) is 11.1. The number of hydrogen-bond donors (Lipinski definition) is 0. The molecule has 1 aromatic carbocycles. The van der Waals surface area contributed by atoms with Gasteiger partial charge in [-0.2, -0.15) is 0 Å². The van der Waals surface area contributed by atoms with Gasteiger partial charge in [-0.25, -0.2) is 0 Å². The Kier molecular flexibility index (Phi) is 2.25. The number of aryl methyl sites for hydroxylation is 1. The molecule has 0 unspecified atom stereocenters. The van der Waals surface area contributed by atoms with Crippen LogP contribution in [0, 0.1) is 0 Å². The van der Waals surface area contributed by atoms with Crippen molar-refractivity contribution in [3.63, 3.8) is 0 Å². The van der Waals surface area contributed by atoms with Crippen LogP contribution < -0.4 is 10.3 Å². The van der Waals surface area contributed by atoms with Crippen LogP contribution in [0.1, 0.15) is 37.2 Å². The lowest BCUT2D eigenvalue weighted by molar-refractivity contribution is 0.120.